The summed E-state index contributed by atoms with van der Waals surface area (Å²) in [4.78, 5) is 0. The van der Waals surface area contributed by atoms with Crippen LogP contribution in [0.5, 0.6) is 0 Å². The molecule has 1 aliphatic heterocycles. The molecule has 3 rings (SSSR count). The van der Waals surface area contributed by atoms with Crippen molar-refractivity contribution in [2.45, 2.75) is 13.8 Å². The van der Waals surface area contributed by atoms with Gasteiger partial charge in [0.05, 0.1) is 0 Å². The van der Waals surface area contributed by atoms with Crippen molar-refractivity contribution in [2.24, 2.45) is 0 Å². The van der Waals surface area contributed by atoms with Crippen molar-refractivity contribution in [3.63, 3.8) is 0 Å². The minimum absolute atomic E-state index is 0.971. The van der Waals surface area contributed by atoms with Gasteiger partial charge >= 0.3 is 120 Å². The van der Waals surface area contributed by atoms with Gasteiger partial charge in [-0.3, -0.25) is 0 Å². The van der Waals surface area contributed by atoms with Crippen LogP contribution in [0, 0.1) is 13.8 Å². The van der Waals surface area contributed by atoms with Crippen molar-refractivity contribution >= 4 is 40.9 Å². The van der Waals surface area contributed by atoms with Crippen LogP contribution in [0.4, 0.5) is 0 Å². The molecule has 0 spiro atoms. The molecule has 0 bridgehead atoms. The second-order valence-electron chi connectivity index (χ2n) is 4.51. The van der Waals surface area contributed by atoms with Crippen molar-refractivity contribution in [3.05, 3.63) is 47.8 Å². The van der Waals surface area contributed by atoms with Crippen LogP contribution in [-0.4, -0.2) is 14.0 Å². The third-order valence-corrected chi connectivity index (χ3v) is 14.3. The Hall–Kier alpha value is -0.0404. The second kappa shape index (κ2) is 3.75. The van der Waals surface area contributed by atoms with Gasteiger partial charge < -0.3 is 0 Å². The van der Waals surface area contributed by atoms with Crippen LogP contribution in [-0.2, 0) is 0 Å². The Morgan fingerprint density at radius 3 is 1.56 bits per heavy atom. The minimum atomic E-state index is -4.46. The Labute approximate surface area is 119 Å². The summed E-state index contributed by atoms with van der Waals surface area (Å²) in [5.74, 6) is 0. The molecule has 0 N–H and O–H groups in total. The molecule has 95 valence electrons. The molecular weight excluding hydrogens is 406 g/mol. The van der Waals surface area contributed by atoms with E-state index in [2.05, 4.69) is 0 Å². The van der Waals surface area contributed by atoms with Crippen LogP contribution < -0.4 is 5.64 Å². The molecule has 2 aromatic rings. The van der Waals surface area contributed by atoms with E-state index in [0.29, 0.717) is 0 Å². The molecule has 0 amide bonds. The molecule has 6 heteroatoms. The van der Waals surface area contributed by atoms with Crippen molar-refractivity contribution in [3.8, 4) is 11.4 Å². The molecule has 1 radical (unpaired) electrons. The van der Waals surface area contributed by atoms with Gasteiger partial charge in [-0.15, -0.1) is 0 Å². The molecule has 0 atom stereocenters. The van der Waals surface area contributed by atoms with Crippen molar-refractivity contribution < 1.29 is 5.64 Å². The second-order valence-corrected chi connectivity index (χ2v) is 25.5. The molecule has 0 fully saturated rings. The summed E-state index contributed by atoms with van der Waals surface area (Å²) in [6, 6.07) is 8.10. The van der Waals surface area contributed by atoms with Gasteiger partial charge in [-0.1, -0.05) is 0 Å². The zero-order valence-corrected chi connectivity index (χ0v) is 14.5. The summed E-state index contributed by atoms with van der Waals surface area (Å²) in [6.07, 6.45) is 3.87. The van der Waals surface area contributed by atoms with E-state index in [0.717, 1.165) is 22.5 Å². The van der Waals surface area contributed by atoms with Crippen LogP contribution in [0.2, 0.25) is 0 Å². The Kier molecular flexibility index (Phi) is 2.70. The zero-order chi connectivity index (χ0) is 13.2. The maximum atomic E-state index is 6.68. The normalized spacial score (nSPS) is 20.6. The molecule has 1 aliphatic rings. The number of hydrogen-bond acceptors (Lipinski definition) is 0. The molecule has 2 aromatic heterocycles. The number of nitrogens with zero attached hydrogens (tertiary/aromatic N) is 2. The number of rotatable bonds is 0. The summed E-state index contributed by atoms with van der Waals surface area (Å²) in [6.45, 7) is 4.00. The van der Waals surface area contributed by atoms with Crippen LogP contribution in [0.3, 0.4) is 0 Å². The Morgan fingerprint density at radius 1 is 0.778 bits per heavy atom. The van der Waals surface area contributed by atoms with Crippen LogP contribution in [0.25, 0.3) is 11.4 Å². The number of hydrogen-bond donors (Lipinski definition) is 0. The van der Waals surface area contributed by atoms with E-state index >= 15 is 0 Å². The Balaban J connectivity index is 2.46. The predicted molar refractivity (Wildman–Crippen MR) is 75.9 cm³/mol. The van der Waals surface area contributed by atoms with Crippen molar-refractivity contribution in [1.29, 1.82) is 0 Å². The number of aryl methyl sites for hydroxylation is 2. The topological polar surface area (TPSA) is 7.76 Å². The van der Waals surface area contributed by atoms with Crippen LogP contribution >= 0.6 is 26.9 Å². The molecule has 0 saturated carbocycles. The molecule has 0 aliphatic carbocycles. The summed E-state index contributed by atoms with van der Waals surface area (Å²) in [5, 5.41) is 0. The van der Waals surface area contributed by atoms with Crippen molar-refractivity contribution in [1.82, 2.24) is 0 Å². The van der Waals surface area contributed by atoms with Gasteiger partial charge in [-0.25, -0.2) is 0 Å². The number of aromatic nitrogens is 2. The molecule has 0 unspecified atom stereocenters. The molecule has 3 heterocycles. The first-order valence-electron chi connectivity index (χ1n) is 5.44. The SMILES string of the molecule is Cc1ccc2[n+](c1)[Te](Cl)(Cl)(Cl)[n+]1cc(C)ccc1-2. The van der Waals surface area contributed by atoms with Gasteiger partial charge in [0.25, 0.3) is 0 Å². The van der Waals surface area contributed by atoms with Gasteiger partial charge in [0, 0.05) is 0 Å². The molecule has 0 saturated heterocycles. The van der Waals surface area contributed by atoms with Gasteiger partial charge in [0.15, 0.2) is 0 Å². The van der Waals surface area contributed by atoms with Crippen molar-refractivity contribution in [2.75, 3.05) is 0 Å². The predicted octanol–water partition coefficient (Wildman–Crippen LogP) is 2.86. The fourth-order valence-corrected chi connectivity index (χ4v) is 11.8. The van der Waals surface area contributed by atoms with E-state index in [9.17, 15) is 0 Å². The van der Waals surface area contributed by atoms with E-state index in [1.54, 1.807) is 0 Å². The standard InChI is InChI=1S/C12H12Cl3N2Te/c1-9-3-5-11-12-6-4-10(2)8-17(12)18(13,14,15)16(11)7-9/h3-8H,1-2H3/q+2. The Morgan fingerprint density at radius 2 is 1.17 bits per heavy atom. The number of pyridine rings is 2. The summed E-state index contributed by atoms with van der Waals surface area (Å²) in [7, 11) is 20.0. The molecule has 0 aromatic carbocycles. The summed E-state index contributed by atoms with van der Waals surface area (Å²) in [5.41, 5.74) is 4.11. The maximum absolute atomic E-state index is 6.68. The molecule has 2 nitrogen and oxygen atoms in total. The van der Waals surface area contributed by atoms with Crippen LogP contribution in [0.1, 0.15) is 11.1 Å². The number of halogens is 3. The average Bonchev–Trinajstić information content (AvgIpc) is 2.45. The first-order chi connectivity index (χ1) is 8.28. The van der Waals surface area contributed by atoms with E-state index in [-0.39, 0.29) is 0 Å². The van der Waals surface area contributed by atoms with Gasteiger partial charge in [-0.05, 0) is 0 Å². The summed E-state index contributed by atoms with van der Waals surface area (Å²) >= 11 is -4.46. The summed E-state index contributed by atoms with van der Waals surface area (Å²) < 4.78 is 3.74. The van der Waals surface area contributed by atoms with Gasteiger partial charge in [0.2, 0.25) is 0 Å². The Bertz CT molecular complexity index is 621. The fraction of sp³-hybridized carbons (Fsp3) is 0.167. The monoisotopic (exact) mass is 419 g/mol. The third kappa shape index (κ3) is 1.69. The first kappa shape index (κ1) is 13.0. The quantitative estimate of drug-likeness (QED) is 0.582. The van der Waals surface area contributed by atoms with E-state index < -0.39 is 14.0 Å². The third-order valence-electron chi connectivity index (χ3n) is 3.01. The first-order valence-corrected chi connectivity index (χ1v) is 16.4. The fourth-order valence-electron chi connectivity index (χ4n) is 2.13. The average molecular weight is 418 g/mol. The molecule has 18 heavy (non-hydrogen) atoms. The van der Waals surface area contributed by atoms with E-state index in [1.165, 1.54) is 0 Å². The molecular formula is C12H12Cl3N2Te+2. The van der Waals surface area contributed by atoms with Crippen LogP contribution in [0.15, 0.2) is 36.7 Å². The van der Waals surface area contributed by atoms with Gasteiger partial charge in [-0.2, -0.15) is 0 Å². The van der Waals surface area contributed by atoms with Gasteiger partial charge in [0.1, 0.15) is 0 Å². The van der Waals surface area contributed by atoms with E-state index in [4.69, 9.17) is 26.9 Å². The zero-order valence-electron chi connectivity index (χ0n) is 9.90. The number of fused-ring (bicyclic) bond motifs is 3. The van der Waals surface area contributed by atoms with E-state index in [1.807, 2.05) is 56.1 Å².